The Bertz CT molecular complexity index is 2090. The summed E-state index contributed by atoms with van der Waals surface area (Å²) in [4.78, 5) is 54.5. The van der Waals surface area contributed by atoms with E-state index >= 15 is 0 Å². The van der Waals surface area contributed by atoms with Crippen molar-refractivity contribution in [2.75, 3.05) is 51.3 Å². The lowest BCUT2D eigenvalue weighted by atomic mass is 9.88. The van der Waals surface area contributed by atoms with E-state index < -0.39 is 43.5 Å². The summed E-state index contributed by atoms with van der Waals surface area (Å²) >= 11 is 0. The first-order valence-electron chi connectivity index (χ1n) is 23.0. The maximum atomic E-state index is 14.5. The van der Waals surface area contributed by atoms with E-state index in [0.717, 1.165) is 11.1 Å². The van der Waals surface area contributed by atoms with Crippen molar-refractivity contribution < 1.29 is 57.1 Å². The van der Waals surface area contributed by atoms with E-state index in [-0.39, 0.29) is 70.8 Å². The topological polar surface area (TPSA) is 177 Å². The summed E-state index contributed by atoms with van der Waals surface area (Å²) < 4.78 is 41.5. The van der Waals surface area contributed by atoms with Crippen molar-refractivity contribution in [2.24, 2.45) is 23.7 Å². The van der Waals surface area contributed by atoms with Crippen LogP contribution in [0.25, 0.3) is 0 Å². The lowest BCUT2D eigenvalue weighted by Gasteiger charge is -2.37. The molecule has 2 aliphatic rings. The number of ether oxygens (including phenoxy) is 6. The summed E-state index contributed by atoms with van der Waals surface area (Å²) in [5.41, 5.74) is 1.29. The van der Waals surface area contributed by atoms with Gasteiger partial charge in [0.05, 0.1) is 38.8 Å². The minimum atomic E-state index is -2.08. The second kappa shape index (κ2) is 22.3. The van der Waals surface area contributed by atoms with Gasteiger partial charge in [-0.25, -0.2) is 9.59 Å². The number of anilines is 2. The summed E-state index contributed by atoms with van der Waals surface area (Å²) in [6.45, 7) is 30.6. The average molecular weight is 937 g/mol. The van der Waals surface area contributed by atoms with Gasteiger partial charge in [0.1, 0.15) is 11.2 Å². The molecule has 0 aromatic heterocycles. The Kier molecular flexibility index (Phi) is 18.2. The van der Waals surface area contributed by atoms with Crippen molar-refractivity contribution in [3.8, 4) is 23.0 Å². The zero-order valence-corrected chi connectivity index (χ0v) is 42.7. The molecule has 4 rings (SSSR count). The van der Waals surface area contributed by atoms with Crippen LogP contribution in [0.4, 0.5) is 21.0 Å². The highest BCUT2D eigenvalue weighted by atomic mass is 28.4. The quantitative estimate of drug-likeness (QED) is 0.0496. The van der Waals surface area contributed by atoms with E-state index in [2.05, 4.69) is 57.7 Å². The number of aliphatic hydroxyl groups is 1. The van der Waals surface area contributed by atoms with Gasteiger partial charge >= 0.3 is 12.2 Å². The molecule has 0 bridgehead atoms. The lowest BCUT2D eigenvalue weighted by Crippen LogP contribution is -2.42. The van der Waals surface area contributed by atoms with Gasteiger partial charge in [0.15, 0.2) is 42.9 Å². The zero-order valence-electron chi connectivity index (χ0n) is 41.7. The van der Waals surface area contributed by atoms with Gasteiger partial charge in [-0.2, -0.15) is 0 Å². The number of Topliss-reactive ketones (excluding diaryl/α,β-unsaturated/α-hetero) is 2. The number of ketones is 2. The van der Waals surface area contributed by atoms with Crippen LogP contribution in [0.1, 0.15) is 128 Å². The largest absolute Gasteiger partial charge is 0.493 e. The van der Waals surface area contributed by atoms with Gasteiger partial charge in [-0.1, -0.05) is 45.1 Å². The van der Waals surface area contributed by atoms with Crippen LogP contribution in [0.5, 0.6) is 23.0 Å². The van der Waals surface area contributed by atoms with Gasteiger partial charge in [-0.15, -0.1) is 0 Å². The Hall–Kier alpha value is -4.86. The third kappa shape index (κ3) is 14.8. The number of hydrogen-bond acceptors (Lipinski definition) is 12. The molecule has 2 saturated carbocycles. The lowest BCUT2D eigenvalue weighted by molar-refractivity contribution is 0.0624. The minimum Gasteiger partial charge on any atom is -0.493 e. The molecular weight excluding hydrogens is 861 g/mol. The molecule has 0 radical (unpaired) electrons. The first-order valence-corrected chi connectivity index (χ1v) is 25.9. The molecule has 2 amide bonds. The van der Waals surface area contributed by atoms with Gasteiger partial charge in [0, 0.05) is 48.3 Å². The number of unbranched alkanes of at least 4 members (excludes halogenated alkanes) is 2. The molecule has 0 spiro atoms. The Balaban J connectivity index is 1.47. The fourth-order valence-corrected chi connectivity index (χ4v) is 8.97. The highest BCUT2D eigenvalue weighted by Crippen LogP contribution is 2.44. The molecule has 0 aliphatic heterocycles. The van der Waals surface area contributed by atoms with Crippen molar-refractivity contribution in [3.63, 3.8) is 0 Å². The third-order valence-electron chi connectivity index (χ3n) is 12.3. The molecule has 2 aliphatic carbocycles. The number of allylic oxidation sites excluding steroid dienone is 2. The molecule has 3 N–H and O–H groups in total. The summed E-state index contributed by atoms with van der Waals surface area (Å²) in [6, 6.07) is 6.35. The van der Waals surface area contributed by atoms with E-state index in [4.69, 9.17) is 32.8 Å². The molecule has 15 heteroatoms. The number of hydrogen-bond donors (Lipinski definition) is 3. The van der Waals surface area contributed by atoms with Gasteiger partial charge in [0.2, 0.25) is 0 Å². The second-order valence-corrected chi connectivity index (χ2v) is 25.9. The molecule has 0 saturated heterocycles. The number of aliphatic hydroxyl groups excluding tert-OH is 1. The molecule has 2 aromatic rings. The molecule has 366 valence electrons. The van der Waals surface area contributed by atoms with Crippen molar-refractivity contribution >= 4 is 43.4 Å². The summed E-state index contributed by atoms with van der Waals surface area (Å²) in [7, 11) is 0.895. The predicted molar refractivity (Wildman–Crippen MR) is 260 cm³/mol. The van der Waals surface area contributed by atoms with E-state index in [0.29, 0.717) is 74.6 Å². The zero-order chi connectivity index (χ0) is 49.4. The standard InChI is InChI=1S/C51H76N2O12Si/c1-31-21-33(29-54)35(23-31)45(55)37-25-41(59-12)43(27-39(37)52-47(57)64-49(3,4)5)61-19-17-16-18-20-62-44-28-40(53-48(58)65-50(6,7)8)38(26-42(44)60-13)46(56)36-24-32(2)22-34(36)30-63-66(14,15)51(9,10)11/h25-28,33-36,54H,1-2,16-24,29-30H2,3-15H3,(H,52,57)(H,53,58)/t33-,34-,35?,36?/m0/s1. The number of nitrogens with one attached hydrogen (secondary N) is 2. The summed E-state index contributed by atoms with van der Waals surface area (Å²) in [5.74, 6) is -0.303. The molecule has 66 heavy (non-hydrogen) atoms. The number of carbonyl (C=O) groups excluding carboxylic acids is 4. The van der Waals surface area contributed by atoms with Crippen LogP contribution in [0, 0.1) is 23.7 Å². The van der Waals surface area contributed by atoms with Crippen molar-refractivity contribution in [3.05, 3.63) is 59.7 Å². The second-order valence-electron chi connectivity index (χ2n) is 21.1. The Morgan fingerprint density at radius 2 is 1.05 bits per heavy atom. The Morgan fingerprint density at radius 3 is 1.42 bits per heavy atom. The van der Waals surface area contributed by atoms with Crippen molar-refractivity contribution in [1.82, 2.24) is 0 Å². The maximum Gasteiger partial charge on any atom is 0.412 e. The van der Waals surface area contributed by atoms with Gasteiger partial charge in [-0.05, 0) is 129 Å². The molecule has 14 nitrogen and oxygen atoms in total. The maximum absolute atomic E-state index is 14.5. The fourth-order valence-electron chi connectivity index (χ4n) is 7.91. The van der Waals surface area contributed by atoms with Crippen LogP contribution in [0.3, 0.4) is 0 Å². The number of carbonyl (C=O) groups is 4. The van der Waals surface area contributed by atoms with Crippen LogP contribution in [0.2, 0.25) is 18.1 Å². The first-order chi connectivity index (χ1) is 30.7. The normalized spacial score (nSPS) is 19.0. The van der Waals surface area contributed by atoms with Crippen LogP contribution < -0.4 is 29.6 Å². The summed E-state index contributed by atoms with van der Waals surface area (Å²) in [6.07, 6.45) is 2.68. The smallest absolute Gasteiger partial charge is 0.412 e. The molecule has 2 fully saturated rings. The molecule has 2 aromatic carbocycles. The Morgan fingerprint density at radius 1 is 0.636 bits per heavy atom. The van der Waals surface area contributed by atoms with Crippen LogP contribution in [-0.2, 0) is 13.9 Å². The van der Waals surface area contributed by atoms with E-state index in [1.165, 1.54) is 14.2 Å². The van der Waals surface area contributed by atoms with Crippen molar-refractivity contribution in [1.29, 1.82) is 0 Å². The predicted octanol–water partition coefficient (Wildman–Crippen LogP) is 11.6. The highest BCUT2D eigenvalue weighted by Gasteiger charge is 2.42. The van der Waals surface area contributed by atoms with Crippen molar-refractivity contribution in [2.45, 2.75) is 137 Å². The van der Waals surface area contributed by atoms with E-state index in [9.17, 15) is 24.3 Å². The molecule has 2 unspecified atom stereocenters. The SMILES string of the molecule is C=C1CC(C(=O)c2cc(OC)c(OCCCCCOc3cc(NC(=O)OC(C)(C)C)c(C(=O)C4CC(=C)C[C@H]4CO[Si](C)(C)C(C)(C)C)cc3OC)cc2NC(=O)OC(C)(C)C)[C@H](CO)C1. The molecule has 0 heterocycles. The monoisotopic (exact) mass is 937 g/mol. The summed E-state index contributed by atoms with van der Waals surface area (Å²) in [5, 5.41) is 15.6. The van der Waals surface area contributed by atoms with Crippen LogP contribution >= 0.6 is 0 Å². The number of amides is 2. The molecular formula is C51H76N2O12Si. The highest BCUT2D eigenvalue weighted by molar-refractivity contribution is 6.74. The van der Waals surface area contributed by atoms with Crippen LogP contribution in [-0.4, -0.2) is 89.0 Å². The molecule has 4 atom stereocenters. The average Bonchev–Trinajstić information content (AvgIpc) is 3.78. The van der Waals surface area contributed by atoms with Gasteiger partial charge < -0.3 is 38.0 Å². The fraction of sp³-hybridized carbons (Fsp3) is 0.608. The number of methoxy groups -OCH3 is 2. The first kappa shape index (κ1) is 53.7. The number of rotatable bonds is 20. The van der Waals surface area contributed by atoms with E-state index in [1.807, 2.05) is 0 Å². The Labute approximate surface area is 393 Å². The number of benzene rings is 2. The van der Waals surface area contributed by atoms with Gasteiger partial charge in [0.25, 0.3) is 0 Å². The van der Waals surface area contributed by atoms with E-state index in [1.54, 1.807) is 65.8 Å². The van der Waals surface area contributed by atoms with Crippen LogP contribution in [0.15, 0.2) is 48.6 Å². The minimum absolute atomic E-state index is 0.0146. The third-order valence-corrected chi connectivity index (χ3v) is 16.8. The van der Waals surface area contributed by atoms with Gasteiger partial charge in [-0.3, -0.25) is 20.2 Å².